The molecule has 25 heavy (non-hydrogen) atoms. The standard InChI is InChI=1S/C20H23FO3S/c1-14-5-6-16(11-18(14)21)12-19(22)17-9-7-15(8-10-17)13-25(23,24)20(2,3)4/h5-11H,12-13H2,1-4H3. The summed E-state index contributed by atoms with van der Waals surface area (Å²) >= 11 is 0. The molecule has 134 valence electrons. The molecule has 0 aliphatic heterocycles. The second-order valence-corrected chi connectivity index (χ2v) is 9.99. The Bertz CT molecular complexity index is 876. The third-order valence-corrected chi connectivity index (χ3v) is 6.75. The molecule has 0 aliphatic carbocycles. The summed E-state index contributed by atoms with van der Waals surface area (Å²) in [5.41, 5.74) is 2.29. The van der Waals surface area contributed by atoms with E-state index < -0.39 is 14.6 Å². The molecular weight excluding hydrogens is 339 g/mol. The van der Waals surface area contributed by atoms with Gasteiger partial charge in [-0.25, -0.2) is 12.8 Å². The SMILES string of the molecule is Cc1ccc(CC(=O)c2ccc(CS(=O)(=O)C(C)(C)C)cc2)cc1F. The van der Waals surface area contributed by atoms with Crippen molar-refractivity contribution in [1.82, 2.24) is 0 Å². The highest BCUT2D eigenvalue weighted by Crippen LogP contribution is 2.21. The predicted octanol–water partition coefficient (Wildman–Crippen LogP) is 4.27. The van der Waals surface area contributed by atoms with Crippen molar-refractivity contribution in [2.24, 2.45) is 0 Å². The fraction of sp³-hybridized carbons (Fsp3) is 0.350. The van der Waals surface area contributed by atoms with E-state index in [9.17, 15) is 17.6 Å². The molecular formula is C20H23FO3S. The van der Waals surface area contributed by atoms with Gasteiger partial charge in [-0.05, 0) is 50.5 Å². The molecule has 0 heterocycles. The van der Waals surface area contributed by atoms with Crippen LogP contribution >= 0.6 is 0 Å². The Kier molecular flexibility index (Phi) is 5.47. The molecule has 2 rings (SSSR count). The van der Waals surface area contributed by atoms with E-state index in [0.717, 1.165) is 0 Å². The largest absolute Gasteiger partial charge is 0.294 e. The molecule has 0 atom stereocenters. The van der Waals surface area contributed by atoms with Gasteiger partial charge in [0.05, 0.1) is 10.5 Å². The van der Waals surface area contributed by atoms with Crippen molar-refractivity contribution >= 4 is 15.6 Å². The molecule has 0 saturated carbocycles. The lowest BCUT2D eigenvalue weighted by molar-refractivity contribution is 0.0993. The first-order valence-electron chi connectivity index (χ1n) is 8.09. The molecule has 0 fully saturated rings. The molecule has 0 spiro atoms. The number of hydrogen-bond donors (Lipinski definition) is 0. The highest BCUT2D eigenvalue weighted by molar-refractivity contribution is 7.91. The first-order chi connectivity index (χ1) is 11.5. The molecule has 0 N–H and O–H groups in total. The van der Waals surface area contributed by atoms with E-state index in [-0.39, 0.29) is 23.8 Å². The maximum atomic E-state index is 13.6. The maximum absolute atomic E-state index is 13.6. The van der Waals surface area contributed by atoms with Gasteiger partial charge in [-0.1, -0.05) is 36.4 Å². The fourth-order valence-electron chi connectivity index (χ4n) is 2.26. The number of Topliss-reactive ketones (excluding diaryl/α,β-unsaturated/α-hetero) is 1. The van der Waals surface area contributed by atoms with Crippen molar-refractivity contribution in [3.8, 4) is 0 Å². The average Bonchev–Trinajstić information content (AvgIpc) is 2.50. The summed E-state index contributed by atoms with van der Waals surface area (Å²) in [6.45, 7) is 6.67. The molecule has 2 aromatic carbocycles. The average molecular weight is 362 g/mol. The van der Waals surface area contributed by atoms with Gasteiger partial charge in [0, 0.05) is 12.0 Å². The van der Waals surface area contributed by atoms with E-state index >= 15 is 0 Å². The van der Waals surface area contributed by atoms with Crippen LogP contribution < -0.4 is 0 Å². The summed E-state index contributed by atoms with van der Waals surface area (Å²) < 4.78 is 37.2. The van der Waals surface area contributed by atoms with Crippen molar-refractivity contribution in [1.29, 1.82) is 0 Å². The Balaban J connectivity index is 2.11. The Labute approximate surface area is 148 Å². The van der Waals surface area contributed by atoms with E-state index in [1.54, 1.807) is 64.1 Å². The highest BCUT2D eigenvalue weighted by atomic mass is 32.2. The summed E-state index contributed by atoms with van der Waals surface area (Å²) in [5, 5.41) is 0. The topological polar surface area (TPSA) is 51.2 Å². The van der Waals surface area contributed by atoms with Crippen LogP contribution in [0.1, 0.15) is 47.8 Å². The van der Waals surface area contributed by atoms with Gasteiger partial charge in [-0.3, -0.25) is 4.79 Å². The van der Waals surface area contributed by atoms with Gasteiger partial charge in [-0.2, -0.15) is 0 Å². The zero-order chi connectivity index (χ0) is 18.8. The summed E-state index contributed by atoms with van der Waals surface area (Å²) in [6, 6.07) is 11.3. The first kappa shape index (κ1) is 19.3. The summed E-state index contributed by atoms with van der Waals surface area (Å²) in [6.07, 6.45) is 0.108. The van der Waals surface area contributed by atoms with Crippen molar-refractivity contribution in [2.45, 2.75) is 44.6 Å². The Hall–Kier alpha value is -2.01. The molecule has 0 unspecified atom stereocenters. The summed E-state index contributed by atoms with van der Waals surface area (Å²) in [4.78, 5) is 12.3. The predicted molar refractivity (Wildman–Crippen MR) is 98.0 cm³/mol. The van der Waals surface area contributed by atoms with Crippen LogP contribution in [0.25, 0.3) is 0 Å². The summed E-state index contributed by atoms with van der Waals surface area (Å²) in [7, 11) is -3.27. The molecule has 0 radical (unpaired) electrons. The van der Waals surface area contributed by atoms with Gasteiger partial charge in [0.15, 0.2) is 15.6 Å². The van der Waals surface area contributed by atoms with Crippen LogP contribution in [0.2, 0.25) is 0 Å². The van der Waals surface area contributed by atoms with E-state index in [1.165, 1.54) is 6.07 Å². The van der Waals surface area contributed by atoms with Gasteiger partial charge < -0.3 is 0 Å². The van der Waals surface area contributed by atoms with Crippen LogP contribution in [0, 0.1) is 12.7 Å². The lowest BCUT2D eigenvalue weighted by Crippen LogP contribution is -2.29. The van der Waals surface area contributed by atoms with Crippen molar-refractivity contribution < 1.29 is 17.6 Å². The van der Waals surface area contributed by atoms with E-state index in [1.807, 2.05) is 0 Å². The quantitative estimate of drug-likeness (QED) is 0.746. The van der Waals surface area contributed by atoms with Crippen LogP contribution in [-0.4, -0.2) is 18.9 Å². The second kappa shape index (κ2) is 7.08. The molecule has 3 nitrogen and oxygen atoms in total. The van der Waals surface area contributed by atoms with Crippen molar-refractivity contribution in [3.05, 3.63) is 70.5 Å². The number of aryl methyl sites for hydroxylation is 1. The van der Waals surface area contributed by atoms with E-state index in [4.69, 9.17) is 0 Å². The normalized spacial score (nSPS) is 12.2. The highest BCUT2D eigenvalue weighted by Gasteiger charge is 2.28. The molecule has 0 amide bonds. The van der Waals surface area contributed by atoms with Crippen LogP contribution in [-0.2, 0) is 22.0 Å². The Morgan fingerprint density at radius 2 is 1.56 bits per heavy atom. The van der Waals surface area contributed by atoms with Gasteiger partial charge in [0.1, 0.15) is 5.82 Å². The van der Waals surface area contributed by atoms with Gasteiger partial charge in [0.2, 0.25) is 0 Å². The first-order valence-corrected chi connectivity index (χ1v) is 9.74. The smallest absolute Gasteiger partial charge is 0.167 e. The van der Waals surface area contributed by atoms with Gasteiger partial charge in [0.25, 0.3) is 0 Å². The monoisotopic (exact) mass is 362 g/mol. The molecule has 2 aromatic rings. The van der Waals surface area contributed by atoms with Crippen molar-refractivity contribution in [3.63, 3.8) is 0 Å². The molecule has 0 saturated heterocycles. The lowest BCUT2D eigenvalue weighted by Gasteiger charge is -2.19. The molecule has 0 aliphatic rings. The van der Waals surface area contributed by atoms with Crippen LogP contribution in [0.4, 0.5) is 4.39 Å². The molecule has 0 bridgehead atoms. The van der Waals surface area contributed by atoms with Crippen molar-refractivity contribution in [2.75, 3.05) is 0 Å². The van der Waals surface area contributed by atoms with E-state index in [2.05, 4.69) is 0 Å². The molecule has 5 heteroatoms. The van der Waals surface area contributed by atoms with Crippen LogP contribution in [0.5, 0.6) is 0 Å². The number of ketones is 1. The minimum absolute atomic E-state index is 0.0614. The number of carbonyl (C=O) groups is 1. The number of carbonyl (C=O) groups excluding carboxylic acids is 1. The number of sulfone groups is 1. The summed E-state index contributed by atoms with van der Waals surface area (Å²) in [5.74, 6) is -0.518. The van der Waals surface area contributed by atoms with Crippen LogP contribution in [0.3, 0.4) is 0 Å². The zero-order valence-corrected chi connectivity index (χ0v) is 15.8. The maximum Gasteiger partial charge on any atom is 0.167 e. The number of hydrogen-bond acceptors (Lipinski definition) is 3. The van der Waals surface area contributed by atoms with E-state index in [0.29, 0.717) is 22.3 Å². The minimum Gasteiger partial charge on any atom is -0.294 e. The molecule has 0 aromatic heterocycles. The second-order valence-electron chi connectivity index (χ2n) is 7.25. The Morgan fingerprint density at radius 3 is 2.08 bits per heavy atom. The minimum atomic E-state index is -3.27. The zero-order valence-electron chi connectivity index (χ0n) is 15.0. The van der Waals surface area contributed by atoms with Gasteiger partial charge in [-0.15, -0.1) is 0 Å². The third-order valence-electron chi connectivity index (χ3n) is 4.17. The third kappa shape index (κ3) is 4.75. The number of rotatable bonds is 5. The Morgan fingerprint density at radius 1 is 1.00 bits per heavy atom. The van der Waals surface area contributed by atoms with Gasteiger partial charge >= 0.3 is 0 Å². The van der Waals surface area contributed by atoms with Crippen LogP contribution in [0.15, 0.2) is 42.5 Å². The number of halogens is 1. The lowest BCUT2D eigenvalue weighted by atomic mass is 10.0. The number of benzene rings is 2. The fourth-order valence-corrected chi connectivity index (χ4v) is 3.32.